The van der Waals surface area contributed by atoms with Gasteiger partial charge in [-0.3, -0.25) is 8.37 Å². The fraction of sp³-hybridized carbons (Fsp3) is 0.933. The standard InChI is InChI=1S/C15H29NO8S2/c1-14(2,3)24-13(17)16-9-6-15(7-10-16,12-23-26(5,20)21)8-11-22-25(4,18)19/h6-12H2,1-5H3. The maximum atomic E-state index is 12.2. The number of rotatable bonds is 7. The van der Waals surface area contributed by atoms with Gasteiger partial charge in [0, 0.05) is 18.5 Å². The summed E-state index contributed by atoms with van der Waals surface area (Å²) in [5, 5.41) is 0. The lowest BCUT2D eigenvalue weighted by molar-refractivity contribution is -0.00154. The van der Waals surface area contributed by atoms with Crippen molar-refractivity contribution in [2.45, 2.75) is 45.6 Å². The fourth-order valence-corrected chi connectivity index (χ4v) is 3.45. The zero-order valence-electron chi connectivity index (χ0n) is 16.0. The van der Waals surface area contributed by atoms with Crippen LogP contribution in [0.15, 0.2) is 0 Å². The lowest BCUT2D eigenvalue weighted by Gasteiger charge is -2.41. The first-order valence-corrected chi connectivity index (χ1v) is 11.9. The maximum absolute atomic E-state index is 12.2. The molecule has 1 aliphatic heterocycles. The average molecular weight is 416 g/mol. The van der Waals surface area contributed by atoms with Crippen LogP contribution in [0.2, 0.25) is 0 Å². The molecule has 0 aliphatic carbocycles. The predicted molar refractivity (Wildman–Crippen MR) is 95.7 cm³/mol. The molecule has 11 heteroatoms. The van der Waals surface area contributed by atoms with E-state index in [-0.39, 0.29) is 13.2 Å². The molecule has 9 nitrogen and oxygen atoms in total. The molecule has 1 aliphatic rings. The molecule has 1 amide bonds. The number of ether oxygens (including phenoxy) is 1. The number of piperidine rings is 1. The lowest BCUT2D eigenvalue weighted by Crippen LogP contribution is -2.47. The Morgan fingerprint density at radius 2 is 1.50 bits per heavy atom. The molecule has 0 aromatic heterocycles. The molecule has 1 rings (SSSR count). The third-order valence-electron chi connectivity index (χ3n) is 3.98. The van der Waals surface area contributed by atoms with E-state index in [2.05, 4.69) is 0 Å². The Balaban J connectivity index is 2.74. The molecule has 0 saturated carbocycles. The average Bonchev–Trinajstić information content (AvgIpc) is 2.42. The fourth-order valence-electron chi connectivity index (χ4n) is 2.60. The topological polar surface area (TPSA) is 116 Å². The van der Waals surface area contributed by atoms with Gasteiger partial charge in [-0.1, -0.05) is 0 Å². The van der Waals surface area contributed by atoms with Crippen LogP contribution in [0, 0.1) is 5.41 Å². The van der Waals surface area contributed by atoms with Gasteiger partial charge in [0.2, 0.25) is 0 Å². The van der Waals surface area contributed by atoms with E-state index < -0.39 is 37.3 Å². The van der Waals surface area contributed by atoms with Crippen molar-refractivity contribution in [2.75, 3.05) is 38.8 Å². The third kappa shape index (κ3) is 9.15. The normalized spacial score (nSPS) is 18.6. The molecule has 0 radical (unpaired) electrons. The summed E-state index contributed by atoms with van der Waals surface area (Å²) in [6.45, 7) is 5.91. The molecule has 1 heterocycles. The molecule has 1 fully saturated rings. The Kier molecular flexibility index (Phi) is 7.48. The molecule has 0 N–H and O–H groups in total. The number of likely N-dealkylation sites (tertiary alicyclic amines) is 1. The molecule has 26 heavy (non-hydrogen) atoms. The van der Waals surface area contributed by atoms with Crippen LogP contribution in [0.4, 0.5) is 4.79 Å². The largest absolute Gasteiger partial charge is 0.444 e. The molecule has 154 valence electrons. The smallest absolute Gasteiger partial charge is 0.410 e. The van der Waals surface area contributed by atoms with Crippen molar-refractivity contribution >= 4 is 26.3 Å². The highest BCUT2D eigenvalue weighted by atomic mass is 32.2. The monoisotopic (exact) mass is 415 g/mol. The van der Waals surface area contributed by atoms with Crippen molar-refractivity contribution in [1.82, 2.24) is 4.90 Å². The minimum absolute atomic E-state index is 0.0710. The zero-order valence-corrected chi connectivity index (χ0v) is 17.6. The number of hydrogen-bond donors (Lipinski definition) is 0. The Bertz CT molecular complexity index is 686. The second-order valence-electron chi connectivity index (χ2n) is 7.71. The SMILES string of the molecule is CC(C)(C)OC(=O)N1CCC(CCOS(C)(=O)=O)(COS(C)(=O)=O)CC1. The van der Waals surface area contributed by atoms with Gasteiger partial charge in [0.05, 0.1) is 25.7 Å². The van der Waals surface area contributed by atoms with E-state index in [0.717, 1.165) is 12.5 Å². The van der Waals surface area contributed by atoms with Crippen LogP contribution in [-0.2, 0) is 33.3 Å². The van der Waals surface area contributed by atoms with E-state index in [1.54, 1.807) is 25.7 Å². The number of carbonyl (C=O) groups excluding carboxylic acids is 1. The summed E-state index contributed by atoms with van der Waals surface area (Å²) < 4.78 is 60.1. The van der Waals surface area contributed by atoms with E-state index in [4.69, 9.17) is 13.1 Å². The maximum Gasteiger partial charge on any atom is 0.410 e. The van der Waals surface area contributed by atoms with Gasteiger partial charge in [-0.2, -0.15) is 16.8 Å². The second-order valence-corrected chi connectivity index (χ2v) is 11.0. The summed E-state index contributed by atoms with van der Waals surface area (Å²) in [5.74, 6) is 0. The quantitative estimate of drug-likeness (QED) is 0.572. The lowest BCUT2D eigenvalue weighted by atomic mass is 9.76. The van der Waals surface area contributed by atoms with Crippen LogP contribution in [0.1, 0.15) is 40.0 Å². The van der Waals surface area contributed by atoms with E-state index in [0.29, 0.717) is 32.4 Å². The summed E-state index contributed by atoms with van der Waals surface area (Å²) in [4.78, 5) is 13.7. The molecule has 0 aromatic carbocycles. The van der Waals surface area contributed by atoms with Gasteiger partial charge in [-0.15, -0.1) is 0 Å². The van der Waals surface area contributed by atoms with Gasteiger partial charge in [-0.05, 0) is 40.0 Å². The summed E-state index contributed by atoms with van der Waals surface area (Å²) in [6, 6.07) is 0. The van der Waals surface area contributed by atoms with Crippen LogP contribution in [0.25, 0.3) is 0 Å². The highest BCUT2D eigenvalue weighted by Gasteiger charge is 2.38. The first kappa shape index (κ1) is 23.1. The summed E-state index contributed by atoms with van der Waals surface area (Å²) >= 11 is 0. The summed E-state index contributed by atoms with van der Waals surface area (Å²) in [5.41, 5.74) is -1.19. The Labute approximate surface area is 156 Å². The highest BCUT2D eigenvalue weighted by Crippen LogP contribution is 2.36. The van der Waals surface area contributed by atoms with Gasteiger partial charge >= 0.3 is 6.09 Å². The van der Waals surface area contributed by atoms with E-state index >= 15 is 0 Å². The minimum atomic E-state index is -3.63. The van der Waals surface area contributed by atoms with Crippen molar-refractivity contribution in [1.29, 1.82) is 0 Å². The highest BCUT2D eigenvalue weighted by molar-refractivity contribution is 7.86. The third-order valence-corrected chi connectivity index (χ3v) is 5.13. The molecule has 0 spiro atoms. The molecule has 1 saturated heterocycles. The molecule has 0 unspecified atom stereocenters. The van der Waals surface area contributed by atoms with Crippen LogP contribution >= 0.6 is 0 Å². The van der Waals surface area contributed by atoms with Gasteiger partial charge in [0.25, 0.3) is 20.2 Å². The van der Waals surface area contributed by atoms with Crippen molar-refractivity contribution in [3.63, 3.8) is 0 Å². The van der Waals surface area contributed by atoms with Crippen molar-refractivity contribution < 1.29 is 34.7 Å². The van der Waals surface area contributed by atoms with Crippen molar-refractivity contribution in [2.24, 2.45) is 5.41 Å². The van der Waals surface area contributed by atoms with Gasteiger partial charge in [0.15, 0.2) is 0 Å². The second kappa shape index (κ2) is 8.41. The van der Waals surface area contributed by atoms with Crippen molar-refractivity contribution in [3.8, 4) is 0 Å². The molecular weight excluding hydrogens is 386 g/mol. The Hall–Kier alpha value is -0.910. The Morgan fingerprint density at radius 3 is 1.92 bits per heavy atom. The number of amides is 1. The van der Waals surface area contributed by atoms with E-state index in [9.17, 15) is 21.6 Å². The summed E-state index contributed by atoms with van der Waals surface area (Å²) in [6.07, 6.45) is 2.70. The van der Waals surface area contributed by atoms with Crippen molar-refractivity contribution in [3.05, 3.63) is 0 Å². The zero-order chi connectivity index (χ0) is 20.2. The molecule has 0 bridgehead atoms. The first-order chi connectivity index (χ1) is 11.6. The van der Waals surface area contributed by atoms with Gasteiger partial charge in [-0.25, -0.2) is 4.79 Å². The molecular formula is C15H29NO8S2. The van der Waals surface area contributed by atoms with Crippen LogP contribution in [-0.4, -0.2) is 72.2 Å². The number of hydrogen-bond acceptors (Lipinski definition) is 8. The van der Waals surface area contributed by atoms with Crippen LogP contribution in [0.5, 0.6) is 0 Å². The number of nitrogens with zero attached hydrogens (tertiary/aromatic N) is 1. The van der Waals surface area contributed by atoms with Crippen LogP contribution in [0.3, 0.4) is 0 Å². The van der Waals surface area contributed by atoms with Crippen LogP contribution < -0.4 is 0 Å². The summed E-state index contributed by atoms with van der Waals surface area (Å²) in [7, 11) is -7.22. The predicted octanol–water partition coefficient (Wildman–Crippen LogP) is 1.35. The number of carbonyl (C=O) groups is 1. The molecule has 0 atom stereocenters. The van der Waals surface area contributed by atoms with Gasteiger partial charge in [0.1, 0.15) is 5.60 Å². The minimum Gasteiger partial charge on any atom is -0.444 e. The van der Waals surface area contributed by atoms with E-state index in [1.807, 2.05) is 0 Å². The Morgan fingerprint density at radius 1 is 1.00 bits per heavy atom. The van der Waals surface area contributed by atoms with Gasteiger partial charge < -0.3 is 9.64 Å². The molecule has 0 aromatic rings. The van der Waals surface area contributed by atoms with E-state index in [1.165, 1.54) is 0 Å². The first-order valence-electron chi connectivity index (χ1n) is 8.28.